The van der Waals surface area contributed by atoms with E-state index in [0.717, 1.165) is 0 Å². The van der Waals surface area contributed by atoms with Gasteiger partial charge in [0, 0.05) is 13.0 Å². The van der Waals surface area contributed by atoms with Gasteiger partial charge in [-0.05, 0) is 12.8 Å². The third kappa shape index (κ3) is 2.43. The largest absolute Gasteiger partial charge is 0.480 e. The minimum atomic E-state index is -1.16. The van der Waals surface area contributed by atoms with Crippen LogP contribution in [0.2, 0.25) is 0 Å². The van der Waals surface area contributed by atoms with Crippen molar-refractivity contribution >= 4 is 11.9 Å². The first kappa shape index (κ1) is 10.9. The lowest BCUT2D eigenvalue weighted by Crippen LogP contribution is -2.50. The molecule has 0 aromatic carbocycles. The van der Waals surface area contributed by atoms with E-state index in [4.69, 9.17) is 15.9 Å². The molecule has 0 bridgehead atoms. The number of hydrogen-bond donors (Lipinski definition) is 4. The molecule has 0 radical (unpaired) electrons. The van der Waals surface area contributed by atoms with E-state index in [1.165, 1.54) is 0 Å². The van der Waals surface area contributed by atoms with Crippen LogP contribution in [0.3, 0.4) is 0 Å². The summed E-state index contributed by atoms with van der Waals surface area (Å²) in [5, 5.41) is 19.5. The molecule has 14 heavy (non-hydrogen) atoms. The van der Waals surface area contributed by atoms with Gasteiger partial charge in [0.05, 0.1) is 5.54 Å². The molecule has 1 rings (SSSR count). The van der Waals surface area contributed by atoms with E-state index in [-0.39, 0.29) is 13.0 Å². The second-order valence-electron chi connectivity index (χ2n) is 3.53. The van der Waals surface area contributed by atoms with Gasteiger partial charge in [0.1, 0.15) is 6.04 Å². The van der Waals surface area contributed by atoms with Gasteiger partial charge < -0.3 is 21.3 Å². The molecule has 1 aliphatic rings. The molecule has 6 nitrogen and oxygen atoms in total. The van der Waals surface area contributed by atoms with Gasteiger partial charge in [-0.15, -0.1) is 0 Å². The molecule has 1 amide bonds. The zero-order valence-electron chi connectivity index (χ0n) is 7.69. The maximum Gasteiger partial charge on any atom is 0.326 e. The predicted octanol–water partition coefficient (Wildman–Crippen LogP) is -1.57. The summed E-state index contributed by atoms with van der Waals surface area (Å²) in [5.41, 5.74) is 4.70. The maximum absolute atomic E-state index is 11.3. The first-order valence-corrected chi connectivity index (χ1v) is 4.43. The van der Waals surface area contributed by atoms with Gasteiger partial charge in [0.2, 0.25) is 5.91 Å². The highest BCUT2D eigenvalue weighted by Crippen LogP contribution is 2.32. The molecular weight excluding hydrogens is 188 g/mol. The van der Waals surface area contributed by atoms with Gasteiger partial charge >= 0.3 is 5.97 Å². The lowest BCUT2D eigenvalue weighted by Gasteiger charge is -2.15. The van der Waals surface area contributed by atoms with Crippen LogP contribution in [0, 0.1) is 0 Å². The average Bonchev–Trinajstić information content (AvgIpc) is 2.84. The van der Waals surface area contributed by atoms with Crippen molar-refractivity contribution in [2.45, 2.75) is 30.8 Å². The monoisotopic (exact) mass is 202 g/mol. The van der Waals surface area contributed by atoms with Crippen LogP contribution in [0.4, 0.5) is 0 Å². The Balaban J connectivity index is 2.46. The quantitative estimate of drug-likeness (QED) is 0.430. The van der Waals surface area contributed by atoms with Crippen molar-refractivity contribution in [3.63, 3.8) is 0 Å². The van der Waals surface area contributed by atoms with Crippen LogP contribution >= 0.6 is 0 Å². The van der Waals surface area contributed by atoms with Crippen molar-refractivity contribution in [3.8, 4) is 0 Å². The number of nitrogens with one attached hydrogen (secondary N) is 1. The summed E-state index contributed by atoms with van der Waals surface area (Å²) < 4.78 is 0. The minimum Gasteiger partial charge on any atom is -0.480 e. The Bertz CT molecular complexity index is 250. The Morgan fingerprint density at radius 2 is 2.07 bits per heavy atom. The highest BCUT2D eigenvalue weighted by Gasteiger charge is 2.46. The molecule has 0 spiro atoms. The number of carbonyl (C=O) groups excluding carboxylic acids is 1. The smallest absolute Gasteiger partial charge is 0.326 e. The lowest BCUT2D eigenvalue weighted by atomic mass is 10.2. The number of amides is 1. The molecule has 0 heterocycles. The van der Waals surface area contributed by atoms with E-state index in [1.54, 1.807) is 0 Å². The normalized spacial score (nSPS) is 19.9. The van der Waals surface area contributed by atoms with Crippen molar-refractivity contribution in [1.29, 1.82) is 0 Å². The van der Waals surface area contributed by atoms with E-state index in [1.807, 2.05) is 0 Å². The molecule has 0 saturated heterocycles. The summed E-state index contributed by atoms with van der Waals surface area (Å²) in [7, 11) is 0. The molecule has 1 aliphatic carbocycles. The second-order valence-corrected chi connectivity index (χ2v) is 3.53. The summed E-state index contributed by atoms with van der Waals surface area (Å²) in [4.78, 5) is 21.9. The number of carboxylic acids is 1. The number of aliphatic hydroxyl groups excluding tert-OH is 1. The molecule has 0 aliphatic heterocycles. The summed E-state index contributed by atoms with van der Waals surface area (Å²) in [6.07, 6.45) is 1.17. The Kier molecular flexibility index (Phi) is 3.07. The van der Waals surface area contributed by atoms with Crippen LogP contribution in [-0.2, 0) is 9.59 Å². The van der Waals surface area contributed by atoms with Crippen molar-refractivity contribution in [2.24, 2.45) is 5.73 Å². The molecule has 1 fully saturated rings. The SMILES string of the molecule is NC1(C(=O)N[C@@H](CCO)C(=O)O)CC1. The van der Waals surface area contributed by atoms with Crippen molar-refractivity contribution in [3.05, 3.63) is 0 Å². The number of carboxylic acid groups (broad SMARTS) is 1. The molecule has 80 valence electrons. The summed E-state index contributed by atoms with van der Waals surface area (Å²) in [6, 6.07) is -1.05. The number of aliphatic carboxylic acids is 1. The maximum atomic E-state index is 11.3. The molecule has 5 N–H and O–H groups in total. The van der Waals surface area contributed by atoms with Gasteiger partial charge in [-0.25, -0.2) is 4.79 Å². The van der Waals surface area contributed by atoms with Crippen molar-refractivity contribution in [2.75, 3.05) is 6.61 Å². The van der Waals surface area contributed by atoms with Gasteiger partial charge in [-0.2, -0.15) is 0 Å². The number of rotatable bonds is 5. The average molecular weight is 202 g/mol. The van der Waals surface area contributed by atoms with Crippen molar-refractivity contribution in [1.82, 2.24) is 5.32 Å². The van der Waals surface area contributed by atoms with Gasteiger partial charge in [0.15, 0.2) is 0 Å². The molecule has 0 unspecified atom stereocenters. The molecule has 0 aromatic rings. The zero-order valence-corrected chi connectivity index (χ0v) is 7.69. The van der Waals surface area contributed by atoms with Crippen LogP contribution in [0.15, 0.2) is 0 Å². The minimum absolute atomic E-state index is 0.00282. The lowest BCUT2D eigenvalue weighted by molar-refractivity contribution is -0.142. The fourth-order valence-corrected chi connectivity index (χ4v) is 1.05. The van der Waals surface area contributed by atoms with Gasteiger partial charge in [-0.1, -0.05) is 0 Å². The van der Waals surface area contributed by atoms with E-state index >= 15 is 0 Å². The van der Waals surface area contributed by atoms with Crippen LogP contribution in [0.5, 0.6) is 0 Å². The fourth-order valence-electron chi connectivity index (χ4n) is 1.05. The summed E-state index contributed by atoms with van der Waals surface area (Å²) in [6.45, 7) is -0.283. The Morgan fingerprint density at radius 3 is 2.43 bits per heavy atom. The standard InChI is InChI=1S/C8H14N2O4/c9-8(2-3-8)7(14)10-5(1-4-11)6(12)13/h5,11H,1-4,9H2,(H,10,14)(H,12,13)/t5-/m0/s1. The number of carbonyl (C=O) groups is 2. The first-order valence-electron chi connectivity index (χ1n) is 4.43. The van der Waals surface area contributed by atoms with E-state index < -0.39 is 23.5 Å². The van der Waals surface area contributed by atoms with Crippen LogP contribution in [-0.4, -0.2) is 40.3 Å². The Morgan fingerprint density at radius 1 is 1.50 bits per heavy atom. The van der Waals surface area contributed by atoms with Gasteiger partial charge in [-0.3, -0.25) is 4.79 Å². The summed E-state index contributed by atoms with van der Waals surface area (Å²) >= 11 is 0. The number of aliphatic hydroxyl groups is 1. The predicted molar refractivity (Wildman–Crippen MR) is 47.4 cm³/mol. The molecule has 1 atom stereocenters. The Hall–Kier alpha value is -1.14. The summed E-state index contributed by atoms with van der Waals surface area (Å²) in [5.74, 6) is -1.60. The van der Waals surface area contributed by atoms with Crippen LogP contribution in [0.1, 0.15) is 19.3 Å². The van der Waals surface area contributed by atoms with Crippen molar-refractivity contribution < 1.29 is 19.8 Å². The van der Waals surface area contributed by atoms with E-state index in [0.29, 0.717) is 12.8 Å². The molecular formula is C8H14N2O4. The third-order valence-corrected chi connectivity index (χ3v) is 2.26. The second kappa shape index (κ2) is 3.93. The molecule has 0 aromatic heterocycles. The topological polar surface area (TPSA) is 113 Å². The number of hydrogen-bond acceptors (Lipinski definition) is 4. The molecule has 6 heteroatoms. The number of nitrogens with two attached hydrogens (primary N) is 1. The van der Waals surface area contributed by atoms with Gasteiger partial charge in [0.25, 0.3) is 0 Å². The highest BCUT2D eigenvalue weighted by molar-refractivity contribution is 5.92. The highest BCUT2D eigenvalue weighted by atomic mass is 16.4. The van der Waals surface area contributed by atoms with E-state index in [9.17, 15) is 9.59 Å². The molecule has 1 saturated carbocycles. The third-order valence-electron chi connectivity index (χ3n) is 2.26. The zero-order chi connectivity index (χ0) is 10.8. The van der Waals surface area contributed by atoms with E-state index in [2.05, 4.69) is 5.32 Å². The van der Waals surface area contributed by atoms with Crippen LogP contribution < -0.4 is 11.1 Å². The first-order chi connectivity index (χ1) is 6.49. The fraction of sp³-hybridized carbons (Fsp3) is 0.750. The van der Waals surface area contributed by atoms with Crippen LogP contribution in [0.25, 0.3) is 0 Å². The Labute approximate surface area is 81.1 Å².